The Bertz CT molecular complexity index is 1340. The Morgan fingerprint density at radius 3 is 2.51 bits per heavy atom. The van der Waals surface area contributed by atoms with Gasteiger partial charge in [-0.3, -0.25) is 0 Å². The molecule has 258 valence electrons. The number of hydrogen-bond donors (Lipinski definition) is 2. The third kappa shape index (κ3) is 6.20. The highest BCUT2D eigenvalue weighted by atomic mass is 16.7. The Kier molecular flexibility index (Phi) is 9.73. The van der Waals surface area contributed by atoms with Crippen LogP contribution in [0.2, 0.25) is 0 Å². The average molecular weight is 657 g/mol. The third-order valence-corrected chi connectivity index (χ3v) is 11.3. The first-order chi connectivity index (χ1) is 22.4. The van der Waals surface area contributed by atoms with Gasteiger partial charge in [-0.15, -0.1) is 0 Å². The number of hydrogen-bond acceptors (Lipinski definition) is 11. The zero-order valence-corrected chi connectivity index (χ0v) is 27.8. The van der Waals surface area contributed by atoms with Crippen LogP contribution in [0.1, 0.15) is 66.2 Å². The van der Waals surface area contributed by atoms with Crippen molar-refractivity contribution in [1.29, 1.82) is 0 Å². The van der Waals surface area contributed by atoms with Crippen molar-refractivity contribution in [1.82, 2.24) is 0 Å². The second-order valence-electron chi connectivity index (χ2n) is 14.2. The van der Waals surface area contributed by atoms with Gasteiger partial charge in [0.2, 0.25) is 0 Å². The van der Waals surface area contributed by atoms with E-state index in [1.54, 1.807) is 13.0 Å². The van der Waals surface area contributed by atoms with E-state index in [9.17, 15) is 24.6 Å². The Balaban J connectivity index is 1.28. The molecule has 6 rings (SSSR count). The van der Waals surface area contributed by atoms with Crippen LogP contribution < -0.4 is 0 Å². The minimum atomic E-state index is -1.01. The molecule has 11 heteroatoms. The normalized spacial score (nSPS) is 44.3. The van der Waals surface area contributed by atoms with E-state index in [0.29, 0.717) is 37.7 Å². The molecule has 6 aliphatic rings. The van der Waals surface area contributed by atoms with E-state index < -0.39 is 72.2 Å². The number of rotatable bonds is 6. The van der Waals surface area contributed by atoms with Gasteiger partial charge in [0, 0.05) is 42.3 Å². The molecule has 12 atom stereocenters. The number of aliphatic hydroxyl groups excluding tert-OH is 2. The summed E-state index contributed by atoms with van der Waals surface area (Å²) in [7, 11) is 1.45. The van der Waals surface area contributed by atoms with Gasteiger partial charge in [-0.05, 0) is 57.9 Å². The van der Waals surface area contributed by atoms with Gasteiger partial charge in [0.1, 0.15) is 36.1 Å². The van der Waals surface area contributed by atoms with E-state index in [1.165, 1.54) is 7.11 Å². The minimum absolute atomic E-state index is 0.214. The summed E-state index contributed by atoms with van der Waals surface area (Å²) in [6.07, 6.45) is 8.19. The summed E-state index contributed by atoms with van der Waals surface area (Å²) < 4.78 is 36.0. The fourth-order valence-electron chi connectivity index (χ4n) is 8.83. The molecule has 11 nitrogen and oxygen atoms in total. The van der Waals surface area contributed by atoms with Crippen molar-refractivity contribution < 1.29 is 53.0 Å². The lowest BCUT2D eigenvalue weighted by Crippen LogP contribution is -2.57. The minimum Gasteiger partial charge on any atom is -0.456 e. The van der Waals surface area contributed by atoms with Gasteiger partial charge < -0.3 is 38.6 Å². The molecule has 4 bridgehead atoms. The maximum absolute atomic E-state index is 13.6. The van der Waals surface area contributed by atoms with Crippen molar-refractivity contribution in [2.75, 3.05) is 7.11 Å². The van der Waals surface area contributed by atoms with Crippen molar-refractivity contribution in [2.45, 2.75) is 121 Å². The lowest BCUT2D eigenvalue weighted by Gasteiger charge is -2.49. The number of methoxy groups -OCH3 is 1. The summed E-state index contributed by atoms with van der Waals surface area (Å²) in [4.78, 5) is 39.5. The number of carbonyl (C=O) groups excluding carboxylic acids is 3. The molecule has 1 spiro atoms. The topological polar surface area (TPSA) is 147 Å². The molecule has 2 heterocycles. The van der Waals surface area contributed by atoms with Crippen molar-refractivity contribution in [3.8, 4) is 0 Å². The smallest absolute Gasteiger partial charge is 0.456 e. The molecule has 3 fully saturated rings. The van der Waals surface area contributed by atoms with Crippen molar-refractivity contribution in [2.24, 2.45) is 29.6 Å². The number of allylic oxidation sites excluding steroid dienone is 3. The molecule has 0 aromatic carbocycles. The molecule has 0 aromatic heterocycles. The van der Waals surface area contributed by atoms with Crippen LogP contribution in [0.15, 0.2) is 47.6 Å². The zero-order valence-electron chi connectivity index (χ0n) is 27.8. The summed E-state index contributed by atoms with van der Waals surface area (Å²) in [6.45, 7) is 7.40. The maximum atomic E-state index is 13.6. The lowest BCUT2D eigenvalue weighted by atomic mass is 9.57. The molecule has 2 N–H and O–H groups in total. The van der Waals surface area contributed by atoms with E-state index in [-0.39, 0.29) is 36.4 Å². The van der Waals surface area contributed by atoms with E-state index in [2.05, 4.69) is 0 Å². The summed E-state index contributed by atoms with van der Waals surface area (Å²) >= 11 is 0. The van der Waals surface area contributed by atoms with Crippen LogP contribution in [0.3, 0.4) is 0 Å². The molecular formula is C36H48O11. The monoisotopic (exact) mass is 656 g/mol. The highest BCUT2D eigenvalue weighted by Gasteiger charge is 2.69. The van der Waals surface area contributed by atoms with E-state index >= 15 is 0 Å². The Labute approximate surface area is 275 Å². The number of esters is 2. The molecule has 47 heavy (non-hydrogen) atoms. The fourth-order valence-corrected chi connectivity index (χ4v) is 8.83. The predicted octanol–water partition coefficient (Wildman–Crippen LogP) is 4.11. The molecular weight excluding hydrogens is 608 g/mol. The van der Waals surface area contributed by atoms with Gasteiger partial charge in [0.25, 0.3) is 0 Å². The summed E-state index contributed by atoms with van der Waals surface area (Å²) in [5.74, 6) is -2.74. The van der Waals surface area contributed by atoms with Crippen LogP contribution >= 0.6 is 0 Å². The van der Waals surface area contributed by atoms with Crippen LogP contribution in [0.25, 0.3) is 0 Å². The van der Waals surface area contributed by atoms with Gasteiger partial charge in [0.15, 0.2) is 6.10 Å². The second kappa shape index (κ2) is 13.5. The van der Waals surface area contributed by atoms with Crippen molar-refractivity contribution in [3.05, 3.63) is 47.6 Å². The predicted molar refractivity (Wildman–Crippen MR) is 168 cm³/mol. The number of carbonyl (C=O) groups is 3. The largest absolute Gasteiger partial charge is 0.508 e. The third-order valence-electron chi connectivity index (χ3n) is 11.3. The summed E-state index contributed by atoms with van der Waals surface area (Å²) in [5.41, 5.74) is 0.413. The van der Waals surface area contributed by atoms with Gasteiger partial charge in [-0.25, -0.2) is 14.4 Å². The van der Waals surface area contributed by atoms with Crippen molar-refractivity contribution >= 4 is 18.1 Å². The fraction of sp³-hybridized carbons (Fsp3) is 0.694. The van der Waals surface area contributed by atoms with Crippen LogP contribution in [-0.4, -0.2) is 89.8 Å². The Hall–Kier alpha value is -2.99. The van der Waals surface area contributed by atoms with E-state index in [1.807, 2.05) is 51.2 Å². The molecule has 1 unspecified atom stereocenters. The van der Waals surface area contributed by atoms with Crippen LogP contribution in [0.4, 0.5) is 4.79 Å². The molecule has 4 aliphatic carbocycles. The van der Waals surface area contributed by atoms with Gasteiger partial charge in [-0.2, -0.15) is 0 Å². The average Bonchev–Trinajstić information content (AvgIpc) is 3.64. The summed E-state index contributed by atoms with van der Waals surface area (Å²) in [6, 6.07) is 0. The number of cyclic esters (lactones) is 1. The molecule has 2 saturated carbocycles. The first kappa shape index (κ1) is 33.9. The van der Waals surface area contributed by atoms with Crippen LogP contribution in [0, 0.1) is 29.6 Å². The molecule has 0 amide bonds. The zero-order chi connectivity index (χ0) is 33.6. The molecule has 0 aromatic rings. The number of ether oxygens (including phenoxy) is 6. The molecule has 0 radical (unpaired) electrons. The van der Waals surface area contributed by atoms with Crippen molar-refractivity contribution in [3.63, 3.8) is 0 Å². The van der Waals surface area contributed by atoms with Gasteiger partial charge in [-0.1, -0.05) is 50.3 Å². The van der Waals surface area contributed by atoms with Crippen LogP contribution in [0.5, 0.6) is 0 Å². The maximum Gasteiger partial charge on any atom is 0.508 e. The molecule has 1 saturated heterocycles. The number of aliphatic hydroxyl groups is 2. The first-order valence-corrected chi connectivity index (χ1v) is 17.0. The quantitative estimate of drug-likeness (QED) is 0.242. The first-order valence-electron chi connectivity index (χ1n) is 17.0. The van der Waals surface area contributed by atoms with Crippen LogP contribution in [-0.2, 0) is 38.0 Å². The SMILES string of the molecule is CO[C@H]1CC2C=C[C@H]3[C@H]4O[C@]2(/C(C)=C/[C@@H](C)[C@@H]([C@@H](C)OC(=O)OC2CCC(O)CC2)OC1=O)[C@@H]3[C@H](O)[C@@H](C)[C@H]4OC(=O)C1=CC=CC1. The van der Waals surface area contributed by atoms with E-state index in [4.69, 9.17) is 28.4 Å². The van der Waals surface area contributed by atoms with Gasteiger partial charge >= 0.3 is 18.1 Å². The second-order valence-corrected chi connectivity index (χ2v) is 14.2. The van der Waals surface area contributed by atoms with E-state index in [0.717, 1.165) is 5.57 Å². The highest BCUT2D eigenvalue weighted by molar-refractivity contribution is 5.90. The Morgan fingerprint density at radius 2 is 1.83 bits per heavy atom. The summed E-state index contributed by atoms with van der Waals surface area (Å²) in [5, 5.41) is 21.7. The Morgan fingerprint density at radius 1 is 1.09 bits per heavy atom. The standard InChI is InChI=1S/C36H48O11/c1-18-16-19(2)36-23(10-15-26-28(36)29(38)20(3)31(32(26)47-36)46-33(39)22-8-6-7-9-22)17-27(42-5)34(40)45-30(18)21(4)43-35(41)44-25-13-11-24(37)12-14-25/h6-8,10,15-16,18,20-21,23-32,37-38H,9,11-14,17H2,1-5H3/b19-16+/t18-,20-,21-,23?,24?,25?,26-,27+,28+,29-,30+,31-,32-,36+/m1/s1. The molecule has 2 aliphatic heterocycles. The van der Waals surface area contributed by atoms with Gasteiger partial charge in [0.05, 0.1) is 12.2 Å². The lowest BCUT2D eigenvalue weighted by molar-refractivity contribution is -0.174. The highest BCUT2D eigenvalue weighted by Crippen LogP contribution is 2.61.